The Morgan fingerprint density at radius 3 is 2.52 bits per heavy atom. The largest absolute Gasteiger partial charge is 0.573 e. The van der Waals surface area contributed by atoms with Crippen LogP contribution in [0.2, 0.25) is 0 Å². The van der Waals surface area contributed by atoms with Gasteiger partial charge in [-0.25, -0.2) is 4.99 Å². The molecule has 0 radical (unpaired) electrons. The van der Waals surface area contributed by atoms with Gasteiger partial charge in [0.2, 0.25) is 11.8 Å². The standard InChI is InChI=1S/C16H21F3N4O3S/c1-4-13(24)22-15-21-11-7-6-10(26-16(17,18)19)8-12(11)27(15,3)23-14(25)9-20-5-2/h6-8,20H,4-5,9H2,1-3H3,(H,23,25)(H,21,22,24). The van der Waals surface area contributed by atoms with Gasteiger partial charge >= 0.3 is 6.36 Å². The summed E-state index contributed by atoms with van der Waals surface area (Å²) in [5, 5.41) is 5.74. The topological polar surface area (TPSA) is 91.8 Å². The minimum atomic E-state index is -4.84. The van der Waals surface area contributed by atoms with Crippen LogP contribution in [0.5, 0.6) is 5.75 Å². The van der Waals surface area contributed by atoms with Gasteiger partial charge in [0.25, 0.3) is 0 Å². The second kappa shape index (κ2) is 8.17. The molecular formula is C16H21F3N4O3S. The predicted octanol–water partition coefficient (Wildman–Crippen LogP) is 2.55. The normalized spacial score (nSPS) is 20.9. The summed E-state index contributed by atoms with van der Waals surface area (Å²) in [6.45, 7) is 4.10. The molecule has 27 heavy (non-hydrogen) atoms. The molecule has 0 bridgehead atoms. The van der Waals surface area contributed by atoms with E-state index in [0.717, 1.165) is 6.07 Å². The zero-order valence-corrected chi connectivity index (χ0v) is 15.9. The Kier molecular flexibility index (Phi) is 6.37. The first-order chi connectivity index (χ1) is 12.6. The van der Waals surface area contributed by atoms with Crippen molar-refractivity contribution in [2.75, 3.05) is 19.3 Å². The number of alkyl halides is 3. The third kappa shape index (κ3) is 5.13. The maximum absolute atomic E-state index is 12.6. The minimum Gasteiger partial charge on any atom is -0.406 e. The lowest BCUT2D eigenvalue weighted by atomic mass is 10.3. The van der Waals surface area contributed by atoms with Crippen LogP contribution in [0.3, 0.4) is 0 Å². The molecule has 0 spiro atoms. The van der Waals surface area contributed by atoms with Crippen LogP contribution in [-0.4, -0.2) is 42.7 Å². The first-order valence-corrected chi connectivity index (χ1v) is 10.2. The van der Waals surface area contributed by atoms with Crippen molar-refractivity contribution in [3.8, 4) is 5.75 Å². The number of amides is 2. The van der Waals surface area contributed by atoms with Gasteiger partial charge in [-0.15, -0.1) is 13.2 Å². The van der Waals surface area contributed by atoms with Gasteiger partial charge in [-0.2, -0.15) is 0 Å². The monoisotopic (exact) mass is 406 g/mol. The van der Waals surface area contributed by atoms with Crippen LogP contribution in [-0.2, 0) is 9.59 Å². The maximum Gasteiger partial charge on any atom is 0.573 e. The van der Waals surface area contributed by atoms with Gasteiger partial charge in [-0.3, -0.25) is 9.59 Å². The first kappa shape index (κ1) is 21.0. The second-order valence-electron chi connectivity index (χ2n) is 5.72. The van der Waals surface area contributed by atoms with Gasteiger partial charge in [-0.1, -0.05) is 24.1 Å². The van der Waals surface area contributed by atoms with E-state index < -0.39 is 22.3 Å². The fourth-order valence-electron chi connectivity index (χ4n) is 2.36. The number of amidine groups is 1. The number of benzene rings is 1. The second-order valence-corrected chi connectivity index (χ2v) is 8.59. The number of nitrogens with zero attached hydrogens (tertiary/aromatic N) is 1. The number of fused-ring (bicyclic) bond motifs is 1. The molecule has 1 aliphatic rings. The van der Waals surface area contributed by atoms with Gasteiger partial charge in [0, 0.05) is 11.3 Å². The molecule has 1 aliphatic heterocycles. The SMILES string of the molecule is CCNCC(=O)NS1(C)C(NC(=O)CC)=Nc2ccc(OC(F)(F)F)cc21. The third-order valence-corrected chi connectivity index (χ3v) is 6.44. The molecule has 150 valence electrons. The Hall–Kier alpha value is -2.27. The number of ether oxygens (including phenoxy) is 1. The van der Waals surface area contributed by atoms with Crippen LogP contribution in [0.1, 0.15) is 20.3 Å². The summed E-state index contributed by atoms with van der Waals surface area (Å²) in [6, 6.07) is 3.70. The van der Waals surface area contributed by atoms with E-state index in [-0.39, 0.29) is 29.9 Å². The molecule has 1 aromatic carbocycles. The number of rotatable bonds is 6. The quantitative estimate of drug-likeness (QED) is 0.677. The van der Waals surface area contributed by atoms with Crippen molar-refractivity contribution < 1.29 is 27.5 Å². The Morgan fingerprint density at radius 2 is 1.93 bits per heavy atom. The van der Waals surface area contributed by atoms with Gasteiger partial charge in [0.15, 0.2) is 5.17 Å². The van der Waals surface area contributed by atoms with E-state index in [2.05, 4.69) is 25.1 Å². The maximum atomic E-state index is 12.6. The van der Waals surface area contributed by atoms with E-state index >= 15 is 0 Å². The van der Waals surface area contributed by atoms with Crippen molar-refractivity contribution in [1.82, 2.24) is 15.4 Å². The number of hydrogen-bond acceptors (Lipinski definition) is 5. The van der Waals surface area contributed by atoms with Gasteiger partial charge in [-0.05, 0) is 31.0 Å². The molecule has 1 unspecified atom stereocenters. The first-order valence-electron chi connectivity index (χ1n) is 8.17. The van der Waals surface area contributed by atoms with Crippen molar-refractivity contribution in [2.45, 2.75) is 31.5 Å². The molecule has 0 aliphatic carbocycles. The van der Waals surface area contributed by atoms with Gasteiger partial charge in [0.1, 0.15) is 5.75 Å². The Labute approximate surface area is 156 Å². The number of halogens is 3. The lowest BCUT2D eigenvalue weighted by Gasteiger charge is -2.34. The predicted molar refractivity (Wildman–Crippen MR) is 97.1 cm³/mol. The van der Waals surface area contributed by atoms with Crippen LogP contribution in [0.15, 0.2) is 28.1 Å². The van der Waals surface area contributed by atoms with E-state index in [9.17, 15) is 22.8 Å². The summed E-state index contributed by atoms with van der Waals surface area (Å²) >= 11 is 0. The summed E-state index contributed by atoms with van der Waals surface area (Å²) in [6.07, 6.45) is -3.00. The lowest BCUT2D eigenvalue weighted by molar-refractivity contribution is -0.274. The number of aliphatic imine (C=N–C) groups is 1. The molecule has 0 fully saturated rings. The fourth-order valence-corrected chi connectivity index (χ4v) is 4.78. The molecule has 0 saturated heterocycles. The molecule has 2 rings (SSSR count). The Bertz CT molecular complexity index is 770. The number of likely N-dealkylation sites (N-methyl/N-ethyl adjacent to an activating group) is 1. The van der Waals surface area contributed by atoms with Crippen molar-refractivity contribution >= 4 is 32.9 Å². The minimum absolute atomic E-state index is 0.0299. The molecule has 1 aromatic rings. The molecule has 2 amide bonds. The van der Waals surface area contributed by atoms with Crippen molar-refractivity contribution in [1.29, 1.82) is 0 Å². The van der Waals surface area contributed by atoms with Gasteiger partial charge in [0.05, 0.1) is 12.2 Å². The summed E-state index contributed by atoms with van der Waals surface area (Å²) in [7, 11) is -2.39. The molecule has 1 heterocycles. The van der Waals surface area contributed by atoms with Crippen LogP contribution in [0, 0.1) is 0 Å². The fraction of sp³-hybridized carbons (Fsp3) is 0.438. The van der Waals surface area contributed by atoms with Crippen molar-refractivity contribution in [3.05, 3.63) is 18.2 Å². The van der Waals surface area contributed by atoms with E-state index in [1.807, 2.05) is 6.92 Å². The number of nitrogens with one attached hydrogen (secondary N) is 3. The summed E-state index contributed by atoms with van der Waals surface area (Å²) in [4.78, 5) is 28.8. The zero-order chi connectivity index (χ0) is 20.2. The molecule has 1 atom stereocenters. The Morgan fingerprint density at radius 1 is 1.22 bits per heavy atom. The number of carbonyl (C=O) groups is 2. The average Bonchev–Trinajstić information content (AvgIpc) is 2.83. The summed E-state index contributed by atoms with van der Waals surface area (Å²) in [5.74, 6) is -1.09. The summed E-state index contributed by atoms with van der Waals surface area (Å²) in [5.41, 5.74) is 0.372. The molecule has 7 nitrogen and oxygen atoms in total. The highest BCUT2D eigenvalue weighted by atomic mass is 32.3. The van der Waals surface area contributed by atoms with E-state index in [1.54, 1.807) is 13.2 Å². The van der Waals surface area contributed by atoms with Crippen molar-refractivity contribution in [2.24, 2.45) is 4.99 Å². The van der Waals surface area contributed by atoms with E-state index in [4.69, 9.17) is 0 Å². The Balaban J connectivity index is 2.39. The highest BCUT2D eigenvalue weighted by Crippen LogP contribution is 2.59. The highest BCUT2D eigenvalue weighted by Gasteiger charge is 2.39. The smallest absolute Gasteiger partial charge is 0.406 e. The lowest BCUT2D eigenvalue weighted by Crippen LogP contribution is -2.42. The average molecular weight is 406 g/mol. The van der Waals surface area contributed by atoms with Crippen LogP contribution >= 0.6 is 10.2 Å². The van der Waals surface area contributed by atoms with E-state index in [1.165, 1.54) is 12.1 Å². The molecule has 0 aromatic heterocycles. The molecule has 11 heteroatoms. The highest BCUT2D eigenvalue weighted by molar-refractivity contribution is 8.44. The van der Waals surface area contributed by atoms with Crippen LogP contribution < -0.4 is 20.1 Å². The molecule has 3 N–H and O–H groups in total. The third-order valence-electron chi connectivity index (χ3n) is 3.63. The molecular weight excluding hydrogens is 385 g/mol. The van der Waals surface area contributed by atoms with Gasteiger partial charge < -0.3 is 20.1 Å². The number of carbonyl (C=O) groups excluding carboxylic acids is 2. The van der Waals surface area contributed by atoms with Crippen molar-refractivity contribution in [3.63, 3.8) is 0 Å². The zero-order valence-electron chi connectivity index (χ0n) is 15.1. The van der Waals surface area contributed by atoms with Crippen LogP contribution in [0.4, 0.5) is 18.9 Å². The van der Waals surface area contributed by atoms with Crippen LogP contribution in [0.25, 0.3) is 0 Å². The number of hydrogen-bond donors (Lipinski definition) is 3. The molecule has 0 saturated carbocycles. The van der Waals surface area contributed by atoms with E-state index in [0.29, 0.717) is 17.1 Å². The summed E-state index contributed by atoms with van der Waals surface area (Å²) < 4.78 is 44.4.